The van der Waals surface area contributed by atoms with Crippen molar-refractivity contribution in [1.29, 1.82) is 0 Å². The number of sulfonamides is 2. The minimum absolute atomic E-state index is 0.0825. The minimum atomic E-state index is -3.65. The lowest BCUT2D eigenvalue weighted by Gasteiger charge is -2.30. The van der Waals surface area contributed by atoms with Crippen LogP contribution in [0.2, 0.25) is 0 Å². The summed E-state index contributed by atoms with van der Waals surface area (Å²) in [5.74, 6) is -0.169. The summed E-state index contributed by atoms with van der Waals surface area (Å²) in [4.78, 5) is 0. The van der Waals surface area contributed by atoms with Crippen LogP contribution in [0, 0.1) is 0 Å². The summed E-state index contributed by atoms with van der Waals surface area (Å²) in [7, 11) is -5.78. The van der Waals surface area contributed by atoms with Crippen LogP contribution in [0.1, 0.15) is 12.0 Å². The molecule has 0 amide bonds. The molecule has 0 saturated carbocycles. The molecular weight excluding hydrogens is 396 g/mol. The molecule has 1 aromatic heterocycles. The molecule has 0 fully saturated rings. The van der Waals surface area contributed by atoms with Gasteiger partial charge in [0, 0.05) is 13.7 Å². The Kier molecular flexibility index (Phi) is 5.56. The van der Waals surface area contributed by atoms with E-state index in [-0.39, 0.29) is 16.6 Å². The predicted molar refractivity (Wildman–Crippen MR) is 103 cm³/mol. The normalized spacial score (nSPS) is 14.9. The second-order valence-electron chi connectivity index (χ2n) is 5.87. The first kappa shape index (κ1) is 19.2. The van der Waals surface area contributed by atoms with E-state index in [1.54, 1.807) is 35.7 Å². The number of nitrogens with one attached hydrogen (secondary N) is 1. The van der Waals surface area contributed by atoms with Crippen LogP contribution < -0.4 is 9.03 Å². The summed E-state index contributed by atoms with van der Waals surface area (Å²) in [6, 6.07) is 8.29. The standard InChI is InChI=1S/C16H20N2O5S3/c1-23-9-11-25(19,20)17-14-7-6-13-4-2-8-18(15(13)12-14)26(21,22)16-5-3-10-24-16/h3,5-7,10,12,17H,2,4,8-9,11H2,1H3. The highest BCUT2D eigenvalue weighted by Gasteiger charge is 2.30. The molecule has 2 aromatic rings. The van der Waals surface area contributed by atoms with Crippen LogP contribution in [0.25, 0.3) is 0 Å². The molecule has 7 nitrogen and oxygen atoms in total. The number of aryl methyl sites for hydroxylation is 1. The molecule has 0 aliphatic carbocycles. The van der Waals surface area contributed by atoms with Crippen LogP contribution in [0.15, 0.2) is 39.9 Å². The maximum atomic E-state index is 12.9. The largest absolute Gasteiger partial charge is 0.384 e. The van der Waals surface area contributed by atoms with Gasteiger partial charge in [0.25, 0.3) is 10.0 Å². The second-order valence-corrected chi connectivity index (χ2v) is 10.7. The average Bonchev–Trinajstić information content (AvgIpc) is 3.14. The van der Waals surface area contributed by atoms with Gasteiger partial charge in [-0.25, -0.2) is 16.8 Å². The maximum absolute atomic E-state index is 12.9. The molecule has 142 valence electrons. The van der Waals surface area contributed by atoms with E-state index < -0.39 is 20.0 Å². The first-order valence-electron chi connectivity index (χ1n) is 8.02. The third-order valence-corrected chi connectivity index (χ3v) is 8.47. The summed E-state index contributed by atoms with van der Waals surface area (Å²) in [5, 5.41) is 1.72. The van der Waals surface area contributed by atoms with E-state index in [9.17, 15) is 16.8 Å². The first-order chi connectivity index (χ1) is 12.3. The third-order valence-electron chi connectivity index (χ3n) is 4.03. The van der Waals surface area contributed by atoms with Crippen LogP contribution in [-0.2, 0) is 31.2 Å². The van der Waals surface area contributed by atoms with Crippen molar-refractivity contribution in [1.82, 2.24) is 0 Å². The molecule has 3 rings (SSSR count). The topological polar surface area (TPSA) is 92.8 Å². The van der Waals surface area contributed by atoms with Gasteiger partial charge in [0.15, 0.2) is 0 Å². The number of hydrogen-bond donors (Lipinski definition) is 1. The highest BCUT2D eigenvalue weighted by molar-refractivity contribution is 7.94. The van der Waals surface area contributed by atoms with E-state index in [2.05, 4.69) is 4.72 Å². The monoisotopic (exact) mass is 416 g/mol. The van der Waals surface area contributed by atoms with E-state index >= 15 is 0 Å². The van der Waals surface area contributed by atoms with E-state index in [0.29, 0.717) is 17.9 Å². The molecule has 0 atom stereocenters. The zero-order valence-corrected chi connectivity index (χ0v) is 16.7. The highest BCUT2D eigenvalue weighted by Crippen LogP contribution is 2.35. The lowest BCUT2D eigenvalue weighted by molar-refractivity contribution is 0.217. The van der Waals surface area contributed by atoms with Crippen LogP contribution in [0.5, 0.6) is 0 Å². The summed E-state index contributed by atoms with van der Waals surface area (Å²) < 4.78 is 58.9. The number of rotatable bonds is 7. The third kappa shape index (κ3) is 4.03. The van der Waals surface area contributed by atoms with Crippen molar-refractivity contribution in [3.05, 3.63) is 41.3 Å². The van der Waals surface area contributed by atoms with Gasteiger partial charge < -0.3 is 4.74 Å². The predicted octanol–water partition coefficient (Wildman–Crippen LogP) is 2.28. The molecule has 26 heavy (non-hydrogen) atoms. The van der Waals surface area contributed by atoms with Gasteiger partial charge in [-0.15, -0.1) is 11.3 Å². The summed E-state index contributed by atoms with van der Waals surface area (Å²) in [6.45, 7) is 0.451. The van der Waals surface area contributed by atoms with Crippen molar-refractivity contribution in [3.8, 4) is 0 Å². The van der Waals surface area contributed by atoms with Crippen LogP contribution >= 0.6 is 11.3 Å². The molecular formula is C16H20N2O5S3. The molecule has 0 radical (unpaired) electrons. The molecule has 0 spiro atoms. The number of hydrogen-bond acceptors (Lipinski definition) is 6. The smallest absolute Gasteiger partial charge is 0.273 e. The van der Waals surface area contributed by atoms with Gasteiger partial charge in [-0.2, -0.15) is 0 Å². The number of thiophene rings is 1. The van der Waals surface area contributed by atoms with Crippen molar-refractivity contribution >= 4 is 42.8 Å². The average molecular weight is 417 g/mol. The van der Waals surface area contributed by atoms with E-state index in [1.807, 2.05) is 0 Å². The summed E-state index contributed by atoms with van der Waals surface area (Å²) in [6.07, 6.45) is 1.47. The van der Waals surface area contributed by atoms with Crippen molar-refractivity contribution in [3.63, 3.8) is 0 Å². The van der Waals surface area contributed by atoms with Gasteiger partial charge in [0.05, 0.1) is 23.7 Å². The Hall–Kier alpha value is -1.62. The van der Waals surface area contributed by atoms with Gasteiger partial charge in [-0.1, -0.05) is 12.1 Å². The quantitative estimate of drug-likeness (QED) is 0.747. The molecule has 1 aliphatic rings. The van der Waals surface area contributed by atoms with E-state index in [4.69, 9.17) is 4.74 Å². The maximum Gasteiger partial charge on any atom is 0.273 e. The zero-order chi connectivity index (χ0) is 18.8. The van der Waals surface area contributed by atoms with Gasteiger partial charge in [0.1, 0.15) is 4.21 Å². The molecule has 0 unspecified atom stereocenters. The van der Waals surface area contributed by atoms with Gasteiger partial charge >= 0.3 is 0 Å². The lowest BCUT2D eigenvalue weighted by atomic mass is 10.0. The molecule has 0 bridgehead atoms. The lowest BCUT2D eigenvalue weighted by Crippen LogP contribution is -2.35. The highest BCUT2D eigenvalue weighted by atomic mass is 32.2. The molecule has 1 aromatic carbocycles. The van der Waals surface area contributed by atoms with Crippen molar-refractivity contribution in [2.45, 2.75) is 17.1 Å². The van der Waals surface area contributed by atoms with Crippen molar-refractivity contribution in [2.75, 3.05) is 35.0 Å². The van der Waals surface area contributed by atoms with Crippen molar-refractivity contribution in [2.24, 2.45) is 0 Å². The Labute approximate surface area is 157 Å². The zero-order valence-electron chi connectivity index (χ0n) is 14.2. The molecule has 1 N–H and O–H groups in total. The Morgan fingerprint density at radius 3 is 2.73 bits per heavy atom. The second kappa shape index (κ2) is 7.55. The van der Waals surface area contributed by atoms with Crippen LogP contribution in [0.3, 0.4) is 0 Å². The van der Waals surface area contributed by atoms with Crippen LogP contribution in [0.4, 0.5) is 11.4 Å². The molecule has 2 heterocycles. The fourth-order valence-corrected chi connectivity index (χ4v) is 6.41. The fourth-order valence-electron chi connectivity index (χ4n) is 2.80. The Bertz CT molecular complexity index is 969. The van der Waals surface area contributed by atoms with Gasteiger partial charge in [0.2, 0.25) is 10.0 Å². The van der Waals surface area contributed by atoms with E-state index in [1.165, 1.54) is 22.8 Å². The Balaban J connectivity index is 1.94. The molecule has 10 heteroatoms. The number of nitrogens with zero attached hydrogens (tertiary/aromatic N) is 1. The van der Waals surface area contributed by atoms with Crippen LogP contribution in [-0.4, -0.2) is 42.8 Å². The number of benzene rings is 1. The first-order valence-corrected chi connectivity index (χ1v) is 12.0. The SMILES string of the molecule is COCCS(=O)(=O)Nc1ccc2c(c1)N(S(=O)(=O)c1cccs1)CCC2. The number of anilines is 2. The number of ether oxygens (including phenoxy) is 1. The number of fused-ring (bicyclic) bond motifs is 1. The minimum Gasteiger partial charge on any atom is -0.384 e. The van der Waals surface area contributed by atoms with Gasteiger partial charge in [-0.05, 0) is 42.0 Å². The van der Waals surface area contributed by atoms with E-state index in [0.717, 1.165) is 18.4 Å². The Morgan fingerprint density at radius 1 is 1.23 bits per heavy atom. The summed E-state index contributed by atoms with van der Waals surface area (Å²) >= 11 is 1.17. The number of methoxy groups -OCH3 is 1. The Morgan fingerprint density at radius 2 is 2.04 bits per heavy atom. The summed E-state index contributed by atoms with van der Waals surface area (Å²) in [5.41, 5.74) is 1.75. The van der Waals surface area contributed by atoms with Gasteiger partial charge in [-0.3, -0.25) is 9.03 Å². The van der Waals surface area contributed by atoms with Crippen molar-refractivity contribution < 1.29 is 21.6 Å². The molecule has 1 aliphatic heterocycles. The fraction of sp³-hybridized carbons (Fsp3) is 0.375. The molecule has 0 saturated heterocycles.